The predicted octanol–water partition coefficient (Wildman–Crippen LogP) is 3.36. The Morgan fingerprint density at radius 1 is 1.22 bits per heavy atom. The van der Waals surface area contributed by atoms with E-state index < -0.39 is 6.10 Å². The smallest absolute Gasteiger partial charge is 0.315 e. The van der Waals surface area contributed by atoms with Crippen LogP contribution in [0.4, 0.5) is 4.79 Å². The van der Waals surface area contributed by atoms with Crippen LogP contribution in [0.2, 0.25) is 5.02 Å². The normalized spacial score (nSPS) is 20.7. The highest BCUT2D eigenvalue weighted by Gasteiger charge is 2.31. The Labute approximate surface area is 140 Å². The topological polar surface area (TPSA) is 61.4 Å². The van der Waals surface area contributed by atoms with Crippen LogP contribution < -0.4 is 10.6 Å². The molecule has 23 heavy (non-hydrogen) atoms. The van der Waals surface area contributed by atoms with Gasteiger partial charge in [-0.15, -0.1) is 0 Å². The summed E-state index contributed by atoms with van der Waals surface area (Å²) in [5.41, 5.74) is 2.94. The molecule has 1 aliphatic rings. The zero-order valence-electron chi connectivity index (χ0n) is 12.8. The Balaban J connectivity index is 1.59. The van der Waals surface area contributed by atoms with Crippen LogP contribution in [-0.2, 0) is 6.42 Å². The van der Waals surface area contributed by atoms with Gasteiger partial charge in [0.15, 0.2) is 0 Å². The van der Waals surface area contributed by atoms with Crippen LogP contribution in [-0.4, -0.2) is 17.2 Å². The molecule has 0 saturated heterocycles. The second kappa shape index (κ2) is 6.60. The Morgan fingerprint density at radius 2 is 1.91 bits per heavy atom. The predicted molar refractivity (Wildman–Crippen MR) is 90.4 cm³/mol. The van der Waals surface area contributed by atoms with Crippen LogP contribution in [0.5, 0.6) is 0 Å². The molecule has 3 N–H and O–H groups in total. The van der Waals surface area contributed by atoms with E-state index in [4.69, 9.17) is 11.6 Å². The van der Waals surface area contributed by atoms with Crippen molar-refractivity contribution in [3.63, 3.8) is 0 Å². The molecular formula is C18H19ClN2O2. The molecule has 0 bridgehead atoms. The Hall–Kier alpha value is -2.04. The molecule has 2 amide bonds. The third kappa shape index (κ3) is 3.49. The molecule has 1 aliphatic carbocycles. The monoisotopic (exact) mass is 330 g/mol. The van der Waals surface area contributed by atoms with Gasteiger partial charge in [-0.05, 0) is 42.2 Å². The fourth-order valence-electron chi connectivity index (χ4n) is 2.95. The van der Waals surface area contributed by atoms with Gasteiger partial charge in [-0.3, -0.25) is 0 Å². The fourth-order valence-corrected chi connectivity index (χ4v) is 3.07. The quantitative estimate of drug-likeness (QED) is 0.808. The van der Waals surface area contributed by atoms with Gasteiger partial charge in [-0.25, -0.2) is 4.79 Å². The van der Waals surface area contributed by atoms with Crippen LogP contribution in [0.1, 0.15) is 35.8 Å². The summed E-state index contributed by atoms with van der Waals surface area (Å²) in [6.07, 6.45) is -0.0251. The molecule has 0 fully saturated rings. The number of aliphatic hydroxyl groups excluding tert-OH is 1. The summed E-state index contributed by atoms with van der Waals surface area (Å²) in [6.45, 7) is 1.91. The molecule has 2 aromatic rings. The molecule has 0 spiro atoms. The van der Waals surface area contributed by atoms with Crippen molar-refractivity contribution in [2.24, 2.45) is 0 Å². The van der Waals surface area contributed by atoms with Crippen LogP contribution >= 0.6 is 11.6 Å². The van der Waals surface area contributed by atoms with Crippen molar-refractivity contribution in [1.29, 1.82) is 0 Å². The average Bonchev–Trinajstić information content (AvgIpc) is 2.84. The highest BCUT2D eigenvalue weighted by atomic mass is 35.5. The van der Waals surface area contributed by atoms with Crippen molar-refractivity contribution in [2.45, 2.75) is 31.5 Å². The SMILES string of the molecule is C[C@@H](NC(=O)N[C@@H]1Cc2ccccc2[C@H]1O)c1ccc(Cl)cc1. The van der Waals surface area contributed by atoms with Crippen LogP contribution in [0.3, 0.4) is 0 Å². The summed E-state index contributed by atoms with van der Waals surface area (Å²) in [4.78, 5) is 12.2. The lowest BCUT2D eigenvalue weighted by atomic mass is 10.1. The van der Waals surface area contributed by atoms with E-state index in [0.717, 1.165) is 16.7 Å². The number of hydrogen-bond donors (Lipinski definition) is 3. The van der Waals surface area contributed by atoms with E-state index in [1.54, 1.807) is 12.1 Å². The third-order valence-electron chi connectivity index (χ3n) is 4.23. The van der Waals surface area contributed by atoms with Crippen molar-refractivity contribution < 1.29 is 9.90 Å². The van der Waals surface area contributed by atoms with Gasteiger partial charge < -0.3 is 15.7 Å². The highest BCUT2D eigenvalue weighted by molar-refractivity contribution is 6.30. The minimum Gasteiger partial charge on any atom is -0.386 e. The van der Waals surface area contributed by atoms with E-state index in [1.807, 2.05) is 43.3 Å². The van der Waals surface area contributed by atoms with Gasteiger partial charge in [0.1, 0.15) is 0 Å². The lowest BCUT2D eigenvalue weighted by Gasteiger charge is -2.20. The highest BCUT2D eigenvalue weighted by Crippen LogP contribution is 2.31. The van der Waals surface area contributed by atoms with Gasteiger partial charge >= 0.3 is 6.03 Å². The van der Waals surface area contributed by atoms with Crippen molar-refractivity contribution in [2.75, 3.05) is 0 Å². The van der Waals surface area contributed by atoms with Crippen LogP contribution in [0.15, 0.2) is 48.5 Å². The number of urea groups is 1. The first-order chi connectivity index (χ1) is 11.0. The number of hydrogen-bond acceptors (Lipinski definition) is 2. The second-order valence-corrected chi connectivity index (χ2v) is 6.28. The number of carbonyl (C=O) groups is 1. The summed E-state index contributed by atoms with van der Waals surface area (Å²) < 4.78 is 0. The van der Waals surface area contributed by atoms with E-state index >= 15 is 0 Å². The Morgan fingerprint density at radius 3 is 2.61 bits per heavy atom. The van der Waals surface area contributed by atoms with Gasteiger partial charge in [0.05, 0.1) is 18.2 Å². The number of benzene rings is 2. The van der Waals surface area contributed by atoms with Gasteiger partial charge in [-0.1, -0.05) is 48.0 Å². The largest absolute Gasteiger partial charge is 0.386 e. The number of amides is 2. The first kappa shape index (κ1) is 15.8. The summed E-state index contributed by atoms with van der Waals surface area (Å²) in [6, 6.07) is 14.3. The zero-order valence-corrected chi connectivity index (χ0v) is 13.5. The van der Waals surface area contributed by atoms with Crippen LogP contribution in [0.25, 0.3) is 0 Å². The zero-order chi connectivity index (χ0) is 16.4. The summed E-state index contributed by atoms with van der Waals surface area (Å²) in [7, 11) is 0. The number of nitrogens with one attached hydrogen (secondary N) is 2. The molecule has 3 rings (SSSR count). The van der Waals surface area contributed by atoms with Crippen molar-refractivity contribution in [1.82, 2.24) is 10.6 Å². The van der Waals surface area contributed by atoms with Crippen molar-refractivity contribution in [3.8, 4) is 0 Å². The maximum Gasteiger partial charge on any atom is 0.315 e. The van der Waals surface area contributed by atoms with Gasteiger partial charge in [0, 0.05) is 5.02 Å². The summed E-state index contributed by atoms with van der Waals surface area (Å²) >= 11 is 5.87. The van der Waals surface area contributed by atoms with Crippen LogP contribution in [0, 0.1) is 0 Å². The standard InChI is InChI=1S/C18H19ClN2O2/c1-11(12-6-8-14(19)9-7-12)20-18(23)21-16-10-13-4-2-3-5-15(13)17(16)22/h2-9,11,16-17,22H,10H2,1H3,(H2,20,21,23)/t11-,16-,17-/m1/s1. The van der Waals surface area contributed by atoms with Crippen molar-refractivity contribution >= 4 is 17.6 Å². The molecule has 0 unspecified atom stereocenters. The third-order valence-corrected chi connectivity index (χ3v) is 4.48. The lowest BCUT2D eigenvalue weighted by Crippen LogP contribution is -2.44. The second-order valence-electron chi connectivity index (χ2n) is 5.85. The summed E-state index contributed by atoms with van der Waals surface area (Å²) in [5, 5.41) is 16.7. The van der Waals surface area contributed by atoms with Gasteiger partial charge in [0.25, 0.3) is 0 Å². The molecule has 2 aromatic carbocycles. The fraction of sp³-hybridized carbons (Fsp3) is 0.278. The number of aliphatic hydroxyl groups is 1. The minimum atomic E-state index is -0.664. The molecule has 120 valence electrons. The van der Waals surface area contributed by atoms with E-state index in [-0.39, 0.29) is 18.1 Å². The molecule has 0 aromatic heterocycles. The maximum absolute atomic E-state index is 12.2. The molecule has 4 nitrogen and oxygen atoms in total. The first-order valence-electron chi connectivity index (χ1n) is 7.63. The van der Waals surface area contributed by atoms with Gasteiger partial charge in [-0.2, -0.15) is 0 Å². The molecule has 0 aliphatic heterocycles. The molecule has 5 heteroatoms. The molecule has 0 heterocycles. The number of halogens is 1. The van der Waals surface area contributed by atoms with E-state index in [1.165, 1.54) is 0 Å². The van der Waals surface area contributed by atoms with E-state index in [0.29, 0.717) is 11.4 Å². The Bertz CT molecular complexity index is 702. The molecule has 0 radical (unpaired) electrons. The maximum atomic E-state index is 12.2. The molecule has 3 atom stereocenters. The van der Waals surface area contributed by atoms with Crippen molar-refractivity contribution in [3.05, 3.63) is 70.2 Å². The average molecular weight is 331 g/mol. The Kier molecular flexibility index (Phi) is 4.55. The van der Waals surface area contributed by atoms with E-state index in [2.05, 4.69) is 10.6 Å². The van der Waals surface area contributed by atoms with Gasteiger partial charge in [0.2, 0.25) is 0 Å². The summed E-state index contributed by atoms with van der Waals surface area (Å²) in [5.74, 6) is 0. The number of carbonyl (C=O) groups excluding carboxylic acids is 1. The minimum absolute atomic E-state index is 0.145. The lowest BCUT2D eigenvalue weighted by molar-refractivity contribution is 0.142. The number of fused-ring (bicyclic) bond motifs is 1. The first-order valence-corrected chi connectivity index (χ1v) is 8.01. The number of rotatable bonds is 3. The van der Waals surface area contributed by atoms with E-state index in [9.17, 15) is 9.90 Å². The molecular weight excluding hydrogens is 312 g/mol. The molecule has 0 saturated carbocycles.